The average Bonchev–Trinajstić information content (AvgIpc) is 3.34. The maximum atomic E-state index is 12.5. The van der Waals surface area contributed by atoms with Gasteiger partial charge in [-0.15, -0.1) is 10.2 Å². The van der Waals surface area contributed by atoms with Gasteiger partial charge in [0, 0.05) is 23.2 Å². The summed E-state index contributed by atoms with van der Waals surface area (Å²) in [4.78, 5) is 12.5. The number of nitrogens with one attached hydrogen (secondary N) is 2. The minimum atomic E-state index is -3.32. The van der Waals surface area contributed by atoms with Crippen molar-refractivity contribution in [1.82, 2.24) is 20.2 Å². The van der Waals surface area contributed by atoms with Crippen LogP contribution in [0.2, 0.25) is 0 Å². The van der Waals surface area contributed by atoms with E-state index in [2.05, 4.69) is 20.2 Å². The van der Waals surface area contributed by atoms with Crippen molar-refractivity contribution in [3.05, 3.63) is 95.1 Å². The van der Waals surface area contributed by atoms with Crippen molar-refractivity contribution in [2.24, 2.45) is 0 Å². The third-order valence-electron chi connectivity index (χ3n) is 5.26. The molecule has 0 bridgehead atoms. The molecular formula is C25H24N4O4S. The second-order valence-electron chi connectivity index (χ2n) is 7.82. The van der Waals surface area contributed by atoms with E-state index in [-0.39, 0.29) is 11.7 Å². The van der Waals surface area contributed by atoms with E-state index in [1.165, 1.54) is 7.05 Å². The summed E-state index contributed by atoms with van der Waals surface area (Å²) in [5.74, 6) is 0.503. The van der Waals surface area contributed by atoms with E-state index in [1.54, 1.807) is 48.5 Å². The number of sulfonamides is 1. The molecule has 1 heterocycles. The van der Waals surface area contributed by atoms with Crippen molar-refractivity contribution in [3.8, 4) is 22.9 Å². The molecular weight excluding hydrogens is 452 g/mol. The molecule has 8 nitrogen and oxygen atoms in total. The number of nitrogens with zero attached hydrogens (tertiary/aromatic N) is 2. The van der Waals surface area contributed by atoms with Gasteiger partial charge in [-0.25, -0.2) is 13.1 Å². The number of aryl methyl sites for hydroxylation is 1. The predicted octanol–water partition coefficient (Wildman–Crippen LogP) is 3.69. The van der Waals surface area contributed by atoms with E-state index in [9.17, 15) is 13.2 Å². The van der Waals surface area contributed by atoms with Crippen molar-refractivity contribution in [2.75, 3.05) is 7.05 Å². The van der Waals surface area contributed by atoms with Crippen LogP contribution in [0.5, 0.6) is 0 Å². The molecule has 0 aliphatic heterocycles. The first-order valence-corrected chi connectivity index (χ1v) is 12.3. The zero-order valence-corrected chi connectivity index (χ0v) is 19.6. The Morgan fingerprint density at radius 2 is 1.35 bits per heavy atom. The summed E-state index contributed by atoms with van der Waals surface area (Å²) < 4.78 is 31.3. The summed E-state index contributed by atoms with van der Waals surface area (Å²) in [5.41, 5.74) is 4.75. The first kappa shape index (κ1) is 23.3. The van der Waals surface area contributed by atoms with E-state index in [0.717, 1.165) is 22.3 Å². The van der Waals surface area contributed by atoms with Crippen LogP contribution >= 0.6 is 0 Å². The Labute approximate surface area is 198 Å². The first-order chi connectivity index (χ1) is 16.3. The topological polar surface area (TPSA) is 114 Å². The zero-order chi connectivity index (χ0) is 24.1. The van der Waals surface area contributed by atoms with Gasteiger partial charge in [-0.1, -0.05) is 42.0 Å². The van der Waals surface area contributed by atoms with Gasteiger partial charge in [0.05, 0.1) is 5.75 Å². The lowest BCUT2D eigenvalue weighted by atomic mass is 10.1. The summed E-state index contributed by atoms with van der Waals surface area (Å²) in [7, 11) is -1.93. The highest BCUT2D eigenvalue weighted by Crippen LogP contribution is 2.24. The molecule has 1 aromatic heterocycles. The lowest BCUT2D eigenvalue weighted by Gasteiger charge is -2.07. The molecule has 4 rings (SSSR count). The van der Waals surface area contributed by atoms with Crippen molar-refractivity contribution < 1.29 is 17.6 Å². The minimum Gasteiger partial charge on any atom is -0.416 e. The van der Waals surface area contributed by atoms with Crippen LogP contribution in [-0.2, 0) is 22.3 Å². The average molecular weight is 477 g/mol. The van der Waals surface area contributed by atoms with E-state index >= 15 is 0 Å². The molecule has 1 amide bonds. The molecule has 0 aliphatic carbocycles. The fraction of sp³-hybridized carbons (Fsp3) is 0.160. The quantitative estimate of drug-likeness (QED) is 0.401. The molecule has 4 aromatic rings. The van der Waals surface area contributed by atoms with Gasteiger partial charge in [-0.05, 0) is 61.5 Å². The highest BCUT2D eigenvalue weighted by Gasteiger charge is 2.12. The highest BCUT2D eigenvalue weighted by atomic mass is 32.2. The summed E-state index contributed by atoms with van der Waals surface area (Å²) in [6, 6.07) is 21.8. The summed E-state index contributed by atoms with van der Waals surface area (Å²) >= 11 is 0. The van der Waals surface area contributed by atoms with Crippen molar-refractivity contribution in [3.63, 3.8) is 0 Å². The number of hydrogen-bond acceptors (Lipinski definition) is 6. The first-order valence-electron chi connectivity index (χ1n) is 10.6. The van der Waals surface area contributed by atoms with Crippen molar-refractivity contribution >= 4 is 15.9 Å². The molecule has 0 fully saturated rings. The minimum absolute atomic E-state index is 0.0882. The van der Waals surface area contributed by atoms with E-state index < -0.39 is 10.0 Å². The molecule has 174 valence electrons. The van der Waals surface area contributed by atoms with Crippen LogP contribution in [0.25, 0.3) is 22.9 Å². The fourth-order valence-electron chi connectivity index (χ4n) is 3.25. The van der Waals surface area contributed by atoms with Crippen LogP contribution in [0.4, 0.5) is 0 Å². The predicted molar refractivity (Wildman–Crippen MR) is 129 cm³/mol. The van der Waals surface area contributed by atoms with Gasteiger partial charge >= 0.3 is 0 Å². The normalized spacial score (nSPS) is 11.4. The van der Waals surface area contributed by atoms with Crippen LogP contribution in [-0.4, -0.2) is 31.6 Å². The van der Waals surface area contributed by atoms with Gasteiger partial charge in [0.25, 0.3) is 5.91 Å². The Kier molecular flexibility index (Phi) is 6.85. The molecule has 0 radical (unpaired) electrons. The Bertz CT molecular complexity index is 1380. The summed E-state index contributed by atoms with van der Waals surface area (Å²) in [5, 5.41) is 11.1. The van der Waals surface area contributed by atoms with Gasteiger partial charge in [-0.2, -0.15) is 0 Å². The SMILES string of the molecule is CNS(=O)(=O)Cc1ccc(CNC(=O)c2ccc(-c3nnc(-c4ccc(C)cc4)o3)cc2)cc1. The molecule has 0 saturated heterocycles. The van der Waals surface area contributed by atoms with Gasteiger partial charge in [0.1, 0.15) is 0 Å². The Balaban J connectivity index is 1.36. The second kappa shape index (κ2) is 9.98. The third kappa shape index (κ3) is 5.75. The third-order valence-corrected chi connectivity index (χ3v) is 6.60. The van der Waals surface area contributed by atoms with Crippen molar-refractivity contribution in [2.45, 2.75) is 19.2 Å². The highest BCUT2D eigenvalue weighted by molar-refractivity contribution is 7.88. The van der Waals surface area contributed by atoms with Crippen LogP contribution in [0.15, 0.2) is 77.2 Å². The Morgan fingerprint density at radius 3 is 1.91 bits per heavy atom. The number of rotatable bonds is 8. The van der Waals surface area contributed by atoms with Crippen LogP contribution in [0, 0.1) is 6.92 Å². The number of benzene rings is 3. The molecule has 9 heteroatoms. The number of aromatic nitrogens is 2. The second-order valence-corrected chi connectivity index (χ2v) is 9.74. The number of carbonyl (C=O) groups is 1. The maximum absolute atomic E-state index is 12.5. The molecule has 2 N–H and O–H groups in total. The summed E-state index contributed by atoms with van der Waals surface area (Å²) in [6.45, 7) is 2.33. The van der Waals surface area contributed by atoms with Crippen LogP contribution < -0.4 is 10.0 Å². The largest absolute Gasteiger partial charge is 0.416 e. The molecule has 0 unspecified atom stereocenters. The van der Waals surface area contributed by atoms with Crippen LogP contribution in [0.3, 0.4) is 0 Å². The van der Waals surface area contributed by atoms with Crippen molar-refractivity contribution in [1.29, 1.82) is 0 Å². The van der Waals surface area contributed by atoms with Gasteiger partial charge in [0.15, 0.2) is 0 Å². The molecule has 34 heavy (non-hydrogen) atoms. The lowest BCUT2D eigenvalue weighted by molar-refractivity contribution is 0.0951. The zero-order valence-electron chi connectivity index (χ0n) is 18.8. The summed E-state index contributed by atoms with van der Waals surface area (Å²) in [6.07, 6.45) is 0. The van der Waals surface area contributed by atoms with Gasteiger partial charge in [0.2, 0.25) is 21.8 Å². The van der Waals surface area contributed by atoms with Gasteiger partial charge < -0.3 is 9.73 Å². The van der Waals surface area contributed by atoms with Crippen LogP contribution in [0.1, 0.15) is 27.0 Å². The van der Waals surface area contributed by atoms with Gasteiger partial charge in [-0.3, -0.25) is 4.79 Å². The molecule has 0 aliphatic rings. The fourth-order valence-corrected chi connectivity index (χ4v) is 4.02. The molecule has 0 atom stereocenters. The monoisotopic (exact) mass is 476 g/mol. The number of hydrogen-bond donors (Lipinski definition) is 2. The smallest absolute Gasteiger partial charge is 0.251 e. The molecule has 0 spiro atoms. The number of amides is 1. The maximum Gasteiger partial charge on any atom is 0.251 e. The Morgan fingerprint density at radius 1 is 0.824 bits per heavy atom. The standard InChI is InChI=1S/C25H24N4O4S/c1-17-3-9-21(10-4-17)24-28-29-25(33-24)22-13-11-20(12-14-22)23(30)27-15-18-5-7-19(8-6-18)16-34(31,32)26-2/h3-14,26H,15-16H2,1-2H3,(H,27,30). The Hall–Kier alpha value is -3.82. The van der Waals surface area contributed by atoms with E-state index in [0.29, 0.717) is 29.5 Å². The molecule has 3 aromatic carbocycles. The van der Waals surface area contributed by atoms with E-state index in [1.807, 2.05) is 31.2 Å². The lowest BCUT2D eigenvalue weighted by Crippen LogP contribution is -2.22. The molecule has 0 saturated carbocycles. The number of carbonyl (C=O) groups excluding carboxylic acids is 1. The van der Waals surface area contributed by atoms with E-state index in [4.69, 9.17) is 4.42 Å².